The molecule has 0 aliphatic heterocycles. The molecule has 0 atom stereocenters. The lowest BCUT2D eigenvalue weighted by atomic mass is 10.1. The van der Waals surface area contributed by atoms with Gasteiger partial charge >= 0.3 is 5.97 Å². The van der Waals surface area contributed by atoms with Gasteiger partial charge in [0.1, 0.15) is 5.58 Å². The minimum Gasteiger partial charge on any atom is -0.452 e. The Morgan fingerprint density at radius 2 is 1.58 bits per heavy atom. The summed E-state index contributed by atoms with van der Waals surface area (Å²) in [4.78, 5) is 29.3. The number of aromatic nitrogens is 1. The molecule has 4 aromatic rings. The zero-order valence-electron chi connectivity index (χ0n) is 13.6. The van der Waals surface area contributed by atoms with Crippen LogP contribution in [0.3, 0.4) is 0 Å². The molecule has 0 fully saturated rings. The Morgan fingerprint density at radius 3 is 2.35 bits per heavy atom. The molecule has 2 heterocycles. The van der Waals surface area contributed by atoms with Crippen LogP contribution in [0.15, 0.2) is 88.3 Å². The highest BCUT2D eigenvalue weighted by Gasteiger charge is 2.21. The first-order valence-corrected chi connectivity index (χ1v) is 7.97. The lowest BCUT2D eigenvalue weighted by Crippen LogP contribution is -2.16. The molecule has 0 radical (unpaired) electrons. The average Bonchev–Trinajstić information content (AvgIpc) is 2.71. The van der Waals surface area contributed by atoms with Crippen molar-refractivity contribution < 1.29 is 13.9 Å². The van der Waals surface area contributed by atoms with E-state index in [1.807, 2.05) is 18.2 Å². The molecule has 0 saturated carbocycles. The molecule has 0 amide bonds. The summed E-state index contributed by atoms with van der Waals surface area (Å²) in [5.41, 5.74) is 0.979. The van der Waals surface area contributed by atoms with Gasteiger partial charge in [-0.05, 0) is 24.3 Å². The highest BCUT2D eigenvalue weighted by Crippen LogP contribution is 2.31. The highest BCUT2D eigenvalue weighted by atomic mass is 16.5. The predicted octanol–water partition coefficient (Wildman–Crippen LogP) is 4.07. The van der Waals surface area contributed by atoms with E-state index in [1.54, 1.807) is 36.4 Å². The number of para-hydroxylation sites is 1. The fourth-order valence-corrected chi connectivity index (χ4v) is 2.64. The van der Waals surface area contributed by atoms with Crippen molar-refractivity contribution in [1.82, 2.24) is 4.98 Å². The van der Waals surface area contributed by atoms with Gasteiger partial charge in [-0.2, -0.15) is 0 Å². The zero-order chi connectivity index (χ0) is 17.9. The Kier molecular flexibility index (Phi) is 4.03. The quantitative estimate of drug-likeness (QED) is 0.524. The first-order chi connectivity index (χ1) is 12.7. The van der Waals surface area contributed by atoms with E-state index in [9.17, 15) is 9.59 Å². The summed E-state index contributed by atoms with van der Waals surface area (Å²) in [7, 11) is 0. The van der Waals surface area contributed by atoms with Crippen LogP contribution >= 0.6 is 0 Å². The topological polar surface area (TPSA) is 69.4 Å². The van der Waals surface area contributed by atoms with Gasteiger partial charge in [0.15, 0.2) is 5.76 Å². The predicted molar refractivity (Wildman–Crippen MR) is 97.1 cm³/mol. The molecule has 0 N–H and O–H groups in total. The summed E-state index contributed by atoms with van der Waals surface area (Å²) in [6, 6.07) is 19.0. The summed E-state index contributed by atoms with van der Waals surface area (Å²) in [6.45, 7) is 0. The summed E-state index contributed by atoms with van der Waals surface area (Å²) in [5.74, 6) is -0.555. The second-order valence-corrected chi connectivity index (χ2v) is 5.58. The SMILES string of the molecule is O=C(Oc1c(-c2ccccc2)oc2ccccc2c1=O)c1ccncc1. The number of carbonyl (C=O) groups excluding carboxylic acids is 1. The Labute approximate surface area is 148 Å². The van der Waals surface area contributed by atoms with E-state index in [1.165, 1.54) is 24.5 Å². The standard InChI is InChI=1S/C21H13NO4/c23-18-16-8-4-5-9-17(16)25-19(14-6-2-1-3-7-14)20(18)26-21(24)15-10-12-22-13-11-15/h1-13H. The molecule has 0 aliphatic carbocycles. The fraction of sp³-hybridized carbons (Fsp3) is 0. The van der Waals surface area contributed by atoms with Gasteiger partial charge in [-0.1, -0.05) is 42.5 Å². The highest BCUT2D eigenvalue weighted by molar-refractivity contribution is 5.92. The number of esters is 1. The molecule has 0 aliphatic rings. The van der Waals surface area contributed by atoms with Crippen LogP contribution in [0.25, 0.3) is 22.3 Å². The summed E-state index contributed by atoms with van der Waals surface area (Å²) < 4.78 is 11.4. The molecule has 0 saturated heterocycles. The second-order valence-electron chi connectivity index (χ2n) is 5.58. The van der Waals surface area contributed by atoms with Gasteiger partial charge in [-0.25, -0.2) is 4.79 Å². The summed E-state index contributed by atoms with van der Waals surface area (Å²) in [5, 5.41) is 0.352. The Bertz CT molecular complexity index is 1130. The minimum atomic E-state index is -0.646. The first-order valence-electron chi connectivity index (χ1n) is 7.97. The molecule has 2 aromatic heterocycles. The van der Waals surface area contributed by atoms with Gasteiger partial charge in [0.05, 0.1) is 10.9 Å². The van der Waals surface area contributed by atoms with Crippen LogP contribution in [0.5, 0.6) is 5.75 Å². The molecule has 5 heteroatoms. The van der Waals surface area contributed by atoms with Crippen LogP contribution in [0.2, 0.25) is 0 Å². The molecular formula is C21H13NO4. The number of benzene rings is 2. The molecule has 4 rings (SSSR count). The van der Waals surface area contributed by atoms with Crippen LogP contribution in [0, 0.1) is 0 Å². The molecule has 5 nitrogen and oxygen atoms in total. The Hall–Kier alpha value is -3.73. The van der Waals surface area contributed by atoms with Crippen molar-refractivity contribution in [3.63, 3.8) is 0 Å². The zero-order valence-corrected chi connectivity index (χ0v) is 13.6. The van der Waals surface area contributed by atoms with E-state index < -0.39 is 11.4 Å². The third-order valence-electron chi connectivity index (χ3n) is 3.90. The molecule has 0 spiro atoms. The maximum Gasteiger partial charge on any atom is 0.343 e. The van der Waals surface area contributed by atoms with E-state index in [4.69, 9.17) is 9.15 Å². The maximum absolute atomic E-state index is 12.9. The van der Waals surface area contributed by atoms with Crippen molar-refractivity contribution in [2.75, 3.05) is 0 Å². The number of pyridine rings is 1. The van der Waals surface area contributed by atoms with Gasteiger partial charge in [-0.3, -0.25) is 9.78 Å². The summed E-state index contributed by atoms with van der Waals surface area (Å²) >= 11 is 0. The van der Waals surface area contributed by atoms with Crippen molar-refractivity contribution in [3.05, 3.63) is 94.9 Å². The third kappa shape index (κ3) is 2.86. The Balaban J connectivity index is 1.90. The van der Waals surface area contributed by atoms with Gasteiger partial charge in [0.25, 0.3) is 0 Å². The van der Waals surface area contributed by atoms with Crippen LogP contribution in [0.4, 0.5) is 0 Å². The van der Waals surface area contributed by atoms with Gasteiger partial charge in [-0.15, -0.1) is 0 Å². The first kappa shape index (κ1) is 15.8. The third-order valence-corrected chi connectivity index (χ3v) is 3.90. The van der Waals surface area contributed by atoms with Crippen molar-refractivity contribution in [2.24, 2.45) is 0 Å². The van der Waals surface area contributed by atoms with Crippen LogP contribution in [-0.4, -0.2) is 11.0 Å². The van der Waals surface area contributed by atoms with Crippen LogP contribution < -0.4 is 10.2 Å². The van der Waals surface area contributed by atoms with E-state index in [-0.39, 0.29) is 11.5 Å². The summed E-state index contributed by atoms with van der Waals surface area (Å²) in [6.07, 6.45) is 2.97. The Morgan fingerprint density at radius 1 is 0.885 bits per heavy atom. The molecule has 0 unspecified atom stereocenters. The van der Waals surface area contributed by atoms with Crippen LogP contribution in [0.1, 0.15) is 10.4 Å². The van der Waals surface area contributed by atoms with Crippen molar-refractivity contribution >= 4 is 16.9 Å². The molecule has 2 aromatic carbocycles. The lowest BCUT2D eigenvalue weighted by Gasteiger charge is -2.10. The van der Waals surface area contributed by atoms with Gasteiger partial charge in [0, 0.05) is 18.0 Å². The van der Waals surface area contributed by atoms with E-state index >= 15 is 0 Å². The van der Waals surface area contributed by atoms with Gasteiger partial charge < -0.3 is 9.15 Å². The molecule has 126 valence electrons. The number of carbonyl (C=O) groups is 1. The normalized spacial score (nSPS) is 10.6. The van der Waals surface area contributed by atoms with Gasteiger partial charge in [0.2, 0.25) is 11.2 Å². The van der Waals surface area contributed by atoms with E-state index in [2.05, 4.69) is 4.98 Å². The number of hydrogen-bond donors (Lipinski definition) is 0. The molecular weight excluding hydrogens is 330 g/mol. The fourth-order valence-electron chi connectivity index (χ4n) is 2.64. The van der Waals surface area contributed by atoms with E-state index in [0.717, 1.165) is 0 Å². The largest absolute Gasteiger partial charge is 0.452 e. The van der Waals surface area contributed by atoms with Crippen LogP contribution in [-0.2, 0) is 0 Å². The minimum absolute atomic E-state index is 0.128. The van der Waals surface area contributed by atoms with E-state index in [0.29, 0.717) is 22.1 Å². The maximum atomic E-state index is 12.9. The lowest BCUT2D eigenvalue weighted by molar-refractivity contribution is 0.0731. The van der Waals surface area contributed by atoms with Crippen molar-refractivity contribution in [2.45, 2.75) is 0 Å². The number of fused-ring (bicyclic) bond motifs is 1. The number of ether oxygens (including phenoxy) is 1. The van der Waals surface area contributed by atoms with Crippen molar-refractivity contribution in [3.8, 4) is 17.1 Å². The smallest absolute Gasteiger partial charge is 0.343 e. The van der Waals surface area contributed by atoms with Crippen molar-refractivity contribution in [1.29, 1.82) is 0 Å². The monoisotopic (exact) mass is 343 g/mol. The molecule has 0 bridgehead atoms. The number of rotatable bonds is 3. The number of hydrogen-bond acceptors (Lipinski definition) is 5. The second kappa shape index (κ2) is 6.64. The molecule has 26 heavy (non-hydrogen) atoms. The number of nitrogens with zero attached hydrogens (tertiary/aromatic N) is 1. The average molecular weight is 343 g/mol.